The molecule has 0 fully saturated rings. The summed E-state index contributed by atoms with van der Waals surface area (Å²) in [4.78, 5) is 0. The Balaban J connectivity index is 2.01. The standard InChI is InChI=1S/C24H25N/c1-4-5-6-19-10-14-24-22(16-19)21-15-18(3)9-13-23(21)25(24)20-11-7-17(2)8-12-20/h7-16H,4-6H2,1-3H3. The van der Waals surface area contributed by atoms with Crippen LogP contribution in [0.4, 0.5) is 0 Å². The number of hydrogen-bond donors (Lipinski definition) is 0. The van der Waals surface area contributed by atoms with Crippen molar-refractivity contribution in [1.82, 2.24) is 4.57 Å². The molecule has 25 heavy (non-hydrogen) atoms. The fraction of sp³-hybridized carbons (Fsp3) is 0.250. The van der Waals surface area contributed by atoms with E-state index in [1.807, 2.05) is 0 Å². The summed E-state index contributed by atoms with van der Waals surface area (Å²) in [5, 5.41) is 2.72. The number of nitrogens with zero attached hydrogens (tertiary/aromatic N) is 1. The Hall–Kier alpha value is -2.54. The highest BCUT2D eigenvalue weighted by molar-refractivity contribution is 6.09. The lowest BCUT2D eigenvalue weighted by molar-refractivity contribution is 0.796. The van der Waals surface area contributed by atoms with Crippen LogP contribution in [0.15, 0.2) is 60.7 Å². The van der Waals surface area contributed by atoms with Crippen LogP contribution in [0.5, 0.6) is 0 Å². The van der Waals surface area contributed by atoms with Gasteiger partial charge >= 0.3 is 0 Å². The van der Waals surface area contributed by atoms with Gasteiger partial charge in [-0.3, -0.25) is 0 Å². The van der Waals surface area contributed by atoms with Crippen LogP contribution in [0.25, 0.3) is 27.5 Å². The van der Waals surface area contributed by atoms with E-state index >= 15 is 0 Å². The van der Waals surface area contributed by atoms with Crippen molar-refractivity contribution in [1.29, 1.82) is 0 Å². The van der Waals surface area contributed by atoms with Crippen molar-refractivity contribution >= 4 is 21.8 Å². The Morgan fingerprint density at radius 3 is 2.08 bits per heavy atom. The number of fused-ring (bicyclic) bond motifs is 3. The molecule has 0 unspecified atom stereocenters. The van der Waals surface area contributed by atoms with Gasteiger partial charge in [0.05, 0.1) is 11.0 Å². The number of hydrogen-bond acceptors (Lipinski definition) is 0. The lowest BCUT2D eigenvalue weighted by Crippen LogP contribution is -1.94. The molecule has 1 heteroatoms. The van der Waals surface area contributed by atoms with E-state index in [-0.39, 0.29) is 0 Å². The Morgan fingerprint density at radius 2 is 1.36 bits per heavy atom. The first-order valence-corrected chi connectivity index (χ1v) is 9.28. The van der Waals surface area contributed by atoms with E-state index in [2.05, 4.69) is 86.0 Å². The molecule has 0 atom stereocenters. The van der Waals surface area contributed by atoms with Gasteiger partial charge in [-0.15, -0.1) is 0 Å². The summed E-state index contributed by atoms with van der Waals surface area (Å²) in [6.07, 6.45) is 3.65. The van der Waals surface area contributed by atoms with E-state index in [9.17, 15) is 0 Å². The summed E-state index contributed by atoms with van der Waals surface area (Å²) in [5.41, 5.74) is 7.87. The second-order valence-electron chi connectivity index (χ2n) is 7.15. The SMILES string of the molecule is CCCCc1ccc2c(c1)c1cc(C)ccc1n2-c1ccc(C)cc1. The lowest BCUT2D eigenvalue weighted by atomic mass is 10.0. The number of unbranched alkanes of at least 4 members (excludes halogenated alkanes) is 1. The highest BCUT2D eigenvalue weighted by atomic mass is 15.0. The fourth-order valence-electron chi connectivity index (χ4n) is 3.69. The van der Waals surface area contributed by atoms with Gasteiger partial charge < -0.3 is 4.57 Å². The van der Waals surface area contributed by atoms with Gasteiger partial charge in [0.25, 0.3) is 0 Å². The zero-order valence-electron chi connectivity index (χ0n) is 15.3. The van der Waals surface area contributed by atoms with Crippen molar-refractivity contribution in [2.24, 2.45) is 0 Å². The minimum atomic E-state index is 1.16. The molecule has 0 amide bonds. The quantitative estimate of drug-likeness (QED) is 0.391. The topological polar surface area (TPSA) is 4.93 Å². The third-order valence-corrected chi connectivity index (χ3v) is 5.10. The van der Waals surface area contributed by atoms with Crippen LogP contribution in [0.1, 0.15) is 36.5 Å². The zero-order valence-corrected chi connectivity index (χ0v) is 15.3. The average Bonchev–Trinajstić information content (AvgIpc) is 2.94. The van der Waals surface area contributed by atoms with Crippen LogP contribution in [0, 0.1) is 13.8 Å². The largest absolute Gasteiger partial charge is 0.309 e. The molecule has 0 bridgehead atoms. The van der Waals surface area contributed by atoms with Crippen molar-refractivity contribution in [3.63, 3.8) is 0 Å². The van der Waals surface area contributed by atoms with Crippen molar-refractivity contribution < 1.29 is 0 Å². The molecule has 0 radical (unpaired) electrons. The van der Waals surface area contributed by atoms with Gasteiger partial charge in [-0.25, -0.2) is 0 Å². The number of benzene rings is 3. The molecule has 4 aromatic rings. The van der Waals surface area contributed by atoms with Crippen molar-refractivity contribution in [2.45, 2.75) is 40.0 Å². The monoisotopic (exact) mass is 327 g/mol. The van der Waals surface area contributed by atoms with Gasteiger partial charge in [0.2, 0.25) is 0 Å². The molecule has 126 valence electrons. The summed E-state index contributed by atoms with van der Waals surface area (Å²) < 4.78 is 2.40. The minimum absolute atomic E-state index is 1.16. The van der Waals surface area contributed by atoms with Gasteiger partial charge in [-0.1, -0.05) is 48.7 Å². The van der Waals surface area contributed by atoms with Crippen LogP contribution in [0.2, 0.25) is 0 Å². The van der Waals surface area contributed by atoms with E-state index in [1.54, 1.807) is 0 Å². The number of aryl methyl sites for hydroxylation is 3. The first-order chi connectivity index (χ1) is 12.2. The maximum atomic E-state index is 2.40. The van der Waals surface area contributed by atoms with Gasteiger partial charge in [0.1, 0.15) is 0 Å². The van der Waals surface area contributed by atoms with E-state index in [1.165, 1.54) is 57.0 Å². The summed E-state index contributed by atoms with van der Waals surface area (Å²) >= 11 is 0. The molecule has 0 spiro atoms. The molecule has 3 aromatic carbocycles. The first-order valence-electron chi connectivity index (χ1n) is 9.28. The molecule has 4 rings (SSSR count). The Bertz CT molecular complexity index is 1040. The van der Waals surface area contributed by atoms with Crippen molar-refractivity contribution in [3.05, 3.63) is 77.4 Å². The fourth-order valence-corrected chi connectivity index (χ4v) is 3.69. The molecular weight excluding hydrogens is 302 g/mol. The zero-order chi connectivity index (χ0) is 17.4. The smallest absolute Gasteiger partial charge is 0.0541 e. The molecular formula is C24H25N. The van der Waals surface area contributed by atoms with Crippen LogP contribution < -0.4 is 0 Å². The normalized spacial score (nSPS) is 11.5. The molecule has 0 N–H and O–H groups in total. The van der Waals surface area contributed by atoms with Gasteiger partial charge in [0, 0.05) is 16.5 Å². The van der Waals surface area contributed by atoms with Crippen LogP contribution in [-0.4, -0.2) is 4.57 Å². The predicted octanol–water partition coefficient (Wildman–Crippen LogP) is 6.74. The molecule has 0 saturated heterocycles. The van der Waals surface area contributed by atoms with Gasteiger partial charge in [-0.05, 0) is 68.7 Å². The molecule has 0 aliphatic rings. The second kappa shape index (κ2) is 6.40. The van der Waals surface area contributed by atoms with Crippen LogP contribution >= 0.6 is 0 Å². The molecule has 1 heterocycles. The molecule has 0 aliphatic carbocycles. The van der Waals surface area contributed by atoms with E-state index in [0.29, 0.717) is 0 Å². The lowest BCUT2D eigenvalue weighted by Gasteiger charge is -2.08. The Kier molecular flexibility index (Phi) is 4.09. The van der Waals surface area contributed by atoms with Crippen molar-refractivity contribution in [3.8, 4) is 5.69 Å². The maximum Gasteiger partial charge on any atom is 0.0541 e. The van der Waals surface area contributed by atoms with Gasteiger partial charge in [0.15, 0.2) is 0 Å². The van der Waals surface area contributed by atoms with Crippen LogP contribution in [-0.2, 0) is 6.42 Å². The summed E-state index contributed by atoms with van der Waals surface area (Å²) in [5.74, 6) is 0. The molecule has 1 nitrogen and oxygen atoms in total. The predicted molar refractivity (Wildman–Crippen MR) is 109 cm³/mol. The number of aromatic nitrogens is 1. The third kappa shape index (κ3) is 2.84. The average molecular weight is 327 g/mol. The Labute approximate surface area is 149 Å². The van der Waals surface area contributed by atoms with Crippen LogP contribution in [0.3, 0.4) is 0 Å². The molecule has 1 aromatic heterocycles. The first kappa shape index (κ1) is 16.0. The van der Waals surface area contributed by atoms with E-state index < -0.39 is 0 Å². The highest BCUT2D eigenvalue weighted by Gasteiger charge is 2.12. The molecule has 0 saturated carbocycles. The summed E-state index contributed by atoms with van der Waals surface area (Å²) in [6, 6.07) is 22.6. The third-order valence-electron chi connectivity index (χ3n) is 5.10. The summed E-state index contributed by atoms with van der Waals surface area (Å²) in [7, 11) is 0. The minimum Gasteiger partial charge on any atom is -0.309 e. The van der Waals surface area contributed by atoms with Crippen molar-refractivity contribution in [2.75, 3.05) is 0 Å². The second-order valence-corrected chi connectivity index (χ2v) is 7.15. The van der Waals surface area contributed by atoms with E-state index in [4.69, 9.17) is 0 Å². The number of rotatable bonds is 4. The van der Waals surface area contributed by atoms with E-state index in [0.717, 1.165) is 6.42 Å². The Morgan fingerprint density at radius 1 is 0.720 bits per heavy atom. The summed E-state index contributed by atoms with van der Waals surface area (Å²) in [6.45, 7) is 6.57. The van der Waals surface area contributed by atoms with Gasteiger partial charge in [-0.2, -0.15) is 0 Å². The molecule has 0 aliphatic heterocycles. The maximum absolute atomic E-state index is 2.40. The highest BCUT2D eigenvalue weighted by Crippen LogP contribution is 2.33.